The van der Waals surface area contributed by atoms with Crippen LogP contribution in [0, 0.1) is 0 Å². The van der Waals surface area contributed by atoms with Gasteiger partial charge in [0.2, 0.25) is 0 Å². The molecule has 0 spiro atoms. The molecule has 0 saturated carbocycles. The van der Waals surface area contributed by atoms with Crippen LogP contribution in [0.1, 0.15) is 10.5 Å². The standard InChI is InChI=1S/C6H9N3O2S/c1-11-6(10)5-3-9(4-12-2)8-7-5/h3H,4H2,1-2H3. The smallest absolute Gasteiger partial charge is 0.360 e. The molecule has 0 fully saturated rings. The maximum Gasteiger partial charge on any atom is 0.360 e. The van der Waals surface area contributed by atoms with Gasteiger partial charge >= 0.3 is 5.97 Å². The molecule has 0 radical (unpaired) electrons. The van der Waals surface area contributed by atoms with E-state index >= 15 is 0 Å². The van der Waals surface area contributed by atoms with Crippen molar-refractivity contribution < 1.29 is 9.53 Å². The van der Waals surface area contributed by atoms with Gasteiger partial charge in [0.05, 0.1) is 19.2 Å². The summed E-state index contributed by atoms with van der Waals surface area (Å²) >= 11 is 1.60. The minimum Gasteiger partial charge on any atom is -0.464 e. The predicted octanol–water partition coefficient (Wildman–Crippen LogP) is 0.385. The van der Waals surface area contributed by atoms with Gasteiger partial charge in [-0.25, -0.2) is 9.48 Å². The number of esters is 1. The van der Waals surface area contributed by atoms with Gasteiger partial charge < -0.3 is 4.74 Å². The van der Waals surface area contributed by atoms with Crippen LogP contribution in [0.5, 0.6) is 0 Å². The van der Waals surface area contributed by atoms with E-state index in [0.717, 1.165) is 0 Å². The average molecular weight is 187 g/mol. The van der Waals surface area contributed by atoms with Gasteiger partial charge in [-0.2, -0.15) is 0 Å². The highest BCUT2D eigenvalue weighted by Crippen LogP contribution is 2.00. The van der Waals surface area contributed by atoms with E-state index < -0.39 is 5.97 Å². The molecule has 1 heterocycles. The molecular formula is C6H9N3O2S. The summed E-state index contributed by atoms with van der Waals surface area (Å²) in [7, 11) is 1.32. The van der Waals surface area contributed by atoms with Crippen LogP contribution in [0.2, 0.25) is 0 Å². The molecule has 0 atom stereocenters. The third kappa shape index (κ3) is 1.97. The molecule has 0 bridgehead atoms. The van der Waals surface area contributed by atoms with Gasteiger partial charge in [0.15, 0.2) is 5.69 Å². The lowest BCUT2D eigenvalue weighted by atomic mass is 10.5. The van der Waals surface area contributed by atoms with E-state index in [2.05, 4.69) is 15.0 Å². The average Bonchev–Trinajstić information content (AvgIpc) is 2.52. The number of carbonyl (C=O) groups is 1. The number of nitrogens with zero attached hydrogens (tertiary/aromatic N) is 3. The summed E-state index contributed by atoms with van der Waals surface area (Å²) < 4.78 is 6.05. The summed E-state index contributed by atoms with van der Waals surface area (Å²) in [6.07, 6.45) is 3.50. The monoisotopic (exact) mass is 187 g/mol. The summed E-state index contributed by atoms with van der Waals surface area (Å²) in [6.45, 7) is 0. The van der Waals surface area contributed by atoms with Crippen LogP contribution < -0.4 is 0 Å². The first-order valence-electron chi connectivity index (χ1n) is 3.25. The number of hydrogen-bond acceptors (Lipinski definition) is 5. The van der Waals surface area contributed by atoms with Crippen LogP contribution in [0.15, 0.2) is 6.20 Å². The van der Waals surface area contributed by atoms with Crippen molar-refractivity contribution in [3.8, 4) is 0 Å². The summed E-state index contributed by atoms with van der Waals surface area (Å²) in [5.74, 6) is 0.228. The van der Waals surface area contributed by atoms with Crippen LogP contribution in [-0.2, 0) is 10.6 Å². The Morgan fingerprint density at radius 3 is 3.17 bits per heavy atom. The zero-order valence-electron chi connectivity index (χ0n) is 6.85. The second kappa shape index (κ2) is 4.10. The number of rotatable bonds is 3. The third-order valence-corrected chi connectivity index (χ3v) is 1.72. The molecule has 0 saturated heterocycles. The molecule has 0 N–H and O–H groups in total. The fraction of sp³-hybridized carbons (Fsp3) is 0.500. The molecule has 0 aliphatic heterocycles. The topological polar surface area (TPSA) is 57.0 Å². The highest BCUT2D eigenvalue weighted by Gasteiger charge is 2.09. The van der Waals surface area contributed by atoms with Crippen LogP contribution in [0.3, 0.4) is 0 Å². The fourth-order valence-corrected chi connectivity index (χ4v) is 1.08. The van der Waals surface area contributed by atoms with Crippen molar-refractivity contribution in [1.82, 2.24) is 15.0 Å². The molecule has 0 aromatic carbocycles. The Hall–Kier alpha value is -1.04. The number of ether oxygens (including phenoxy) is 1. The Labute approximate surface area is 74.1 Å². The Morgan fingerprint density at radius 2 is 2.58 bits per heavy atom. The Morgan fingerprint density at radius 1 is 1.83 bits per heavy atom. The van der Waals surface area contributed by atoms with Crippen LogP contribution in [-0.4, -0.2) is 34.3 Å². The first-order chi connectivity index (χ1) is 5.77. The van der Waals surface area contributed by atoms with E-state index in [4.69, 9.17) is 0 Å². The molecule has 1 aromatic heterocycles. The van der Waals surface area contributed by atoms with Crippen LogP contribution in [0.4, 0.5) is 0 Å². The van der Waals surface area contributed by atoms with Crippen molar-refractivity contribution in [2.24, 2.45) is 0 Å². The highest BCUT2D eigenvalue weighted by molar-refractivity contribution is 7.97. The number of methoxy groups -OCH3 is 1. The zero-order chi connectivity index (χ0) is 8.97. The molecule has 0 aliphatic rings. The van der Waals surface area contributed by atoms with Gasteiger partial charge in [0.1, 0.15) is 0 Å². The molecule has 0 amide bonds. The van der Waals surface area contributed by atoms with Gasteiger partial charge in [-0.1, -0.05) is 5.21 Å². The lowest BCUT2D eigenvalue weighted by Gasteiger charge is -1.92. The van der Waals surface area contributed by atoms with Crippen molar-refractivity contribution in [3.05, 3.63) is 11.9 Å². The molecule has 1 rings (SSSR count). The van der Waals surface area contributed by atoms with Crippen molar-refractivity contribution >= 4 is 17.7 Å². The van der Waals surface area contributed by atoms with E-state index in [0.29, 0.717) is 5.88 Å². The fourth-order valence-electron chi connectivity index (χ4n) is 0.692. The Kier molecular flexibility index (Phi) is 3.09. The largest absolute Gasteiger partial charge is 0.464 e. The molecule has 0 unspecified atom stereocenters. The van der Waals surface area contributed by atoms with Crippen molar-refractivity contribution in [2.75, 3.05) is 13.4 Å². The molecular weight excluding hydrogens is 178 g/mol. The second-order valence-corrected chi connectivity index (χ2v) is 2.89. The quantitative estimate of drug-likeness (QED) is 0.640. The van der Waals surface area contributed by atoms with Gasteiger partial charge in [0, 0.05) is 0 Å². The molecule has 66 valence electrons. The van der Waals surface area contributed by atoms with E-state index in [1.807, 2.05) is 6.26 Å². The Balaban J connectivity index is 2.70. The summed E-state index contributed by atoms with van der Waals surface area (Å²) in [4.78, 5) is 10.9. The van der Waals surface area contributed by atoms with Gasteiger partial charge in [-0.15, -0.1) is 16.9 Å². The molecule has 12 heavy (non-hydrogen) atoms. The van der Waals surface area contributed by atoms with Crippen molar-refractivity contribution in [3.63, 3.8) is 0 Å². The maximum absolute atomic E-state index is 10.9. The minimum atomic E-state index is -0.456. The SMILES string of the molecule is COC(=O)c1cn(CSC)nn1. The molecule has 1 aromatic rings. The van der Waals surface area contributed by atoms with E-state index in [9.17, 15) is 4.79 Å². The first-order valence-corrected chi connectivity index (χ1v) is 4.64. The van der Waals surface area contributed by atoms with Crippen molar-refractivity contribution in [2.45, 2.75) is 5.88 Å². The number of aromatic nitrogens is 3. The first kappa shape index (κ1) is 9.05. The lowest BCUT2D eigenvalue weighted by Crippen LogP contribution is -2.01. The second-order valence-electron chi connectivity index (χ2n) is 2.05. The summed E-state index contributed by atoms with van der Waals surface area (Å²) in [6, 6.07) is 0. The summed E-state index contributed by atoms with van der Waals surface area (Å²) in [5.41, 5.74) is 0.242. The lowest BCUT2D eigenvalue weighted by molar-refractivity contribution is 0.0594. The zero-order valence-corrected chi connectivity index (χ0v) is 7.67. The molecule has 5 nitrogen and oxygen atoms in total. The number of hydrogen-bond donors (Lipinski definition) is 0. The minimum absolute atomic E-state index is 0.242. The van der Waals surface area contributed by atoms with Crippen LogP contribution >= 0.6 is 11.8 Å². The van der Waals surface area contributed by atoms with E-state index in [-0.39, 0.29) is 5.69 Å². The summed E-state index contributed by atoms with van der Waals surface area (Å²) in [5, 5.41) is 7.35. The van der Waals surface area contributed by atoms with E-state index in [1.165, 1.54) is 7.11 Å². The maximum atomic E-state index is 10.9. The normalized spacial score (nSPS) is 9.83. The third-order valence-electron chi connectivity index (χ3n) is 1.19. The number of thioether (sulfide) groups is 1. The van der Waals surface area contributed by atoms with Gasteiger partial charge in [-0.05, 0) is 6.26 Å². The molecule has 6 heteroatoms. The number of carbonyl (C=O) groups excluding carboxylic acids is 1. The molecule has 0 aliphatic carbocycles. The van der Waals surface area contributed by atoms with Gasteiger partial charge in [-0.3, -0.25) is 0 Å². The predicted molar refractivity (Wildman–Crippen MR) is 44.9 cm³/mol. The van der Waals surface area contributed by atoms with E-state index in [1.54, 1.807) is 22.6 Å². The Bertz CT molecular complexity index is 274. The van der Waals surface area contributed by atoms with Gasteiger partial charge in [0.25, 0.3) is 0 Å². The van der Waals surface area contributed by atoms with Crippen molar-refractivity contribution in [1.29, 1.82) is 0 Å². The highest BCUT2D eigenvalue weighted by atomic mass is 32.2. The van der Waals surface area contributed by atoms with Crippen LogP contribution in [0.25, 0.3) is 0 Å².